The Balaban J connectivity index is 1.80. The summed E-state index contributed by atoms with van der Waals surface area (Å²) in [5, 5.41) is 0. The molecule has 0 aliphatic carbocycles. The highest BCUT2D eigenvalue weighted by atomic mass is 16.5. The van der Waals surface area contributed by atoms with Gasteiger partial charge in [-0.05, 0) is 32.4 Å². The molecule has 3 rings (SSSR count). The van der Waals surface area contributed by atoms with E-state index in [9.17, 15) is 9.59 Å². The predicted molar refractivity (Wildman–Crippen MR) is 96.4 cm³/mol. The van der Waals surface area contributed by atoms with Gasteiger partial charge in [0.15, 0.2) is 0 Å². The topological polar surface area (TPSA) is 49.9 Å². The van der Waals surface area contributed by atoms with Crippen LogP contribution in [0.2, 0.25) is 0 Å². The molecule has 2 aliphatic heterocycles. The second-order valence-electron chi connectivity index (χ2n) is 7.47. The van der Waals surface area contributed by atoms with Gasteiger partial charge < -0.3 is 14.5 Å². The highest BCUT2D eigenvalue weighted by molar-refractivity contribution is 5.94. The van der Waals surface area contributed by atoms with E-state index in [1.54, 1.807) is 6.92 Å². The Kier molecular flexibility index (Phi) is 5.13. The molecule has 5 heteroatoms. The Labute approximate surface area is 149 Å². The third-order valence-corrected chi connectivity index (χ3v) is 5.72. The molecule has 2 atom stereocenters. The fraction of sp³-hybridized carbons (Fsp3) is 0.600. The van der Waals surface area contributed by atoms with Crippen molar-refractivity contribution in [2.75, 3.05) is 39.4 Å². The van der Waals surface area contributed by atoms with Gasteiger partial charge >= 0.3 is 0 Å². The number of benzene rings is 1. The smallest absolute Gasteiger partial charge is 0.253 e. The van der Waals surface area contributed by atoms with Gasteiger partial charge in [-0.15, -0.1) is 0 Å². The molecule has 0 aromatic heterocycles. The molecule has 5 nitrogen and oxygen atoms in total. The highest BCUT2D eigenvalue weighted by Crippen LogP contribution is 2.43. The zero-order valence-corrected chi connectivity index (χ0v) is 15.5. The highest BCUT2D eigenvalue weighted by Gasteiger charge is 2.51. The lowest BCUT2D eigenvalue weighted by Gasteiger charge is -2.42. The minimum absolute atomic E-state index is 0.0263. The summed E-state index contributed by atoms with van der Waals surface area (Å²) < 4.78 is 5.78. The summed E-state index contributed by atoms with van der Waals surface area (Å²) in [5.41, 5.74) is 1.81. The molecule has 2 amide bonds. The average molecular weight is 344 g/mol. The summed E-state index contributed by atoms with van der Waals surface area (Å²) in [4.78, 5) is 28.6. The van der Waals surface area contributed by atoms with Gasteiger partial charge in [0.05, 0.1) is 6.61 Å². The number of hydrogen-bond acceptors (Lipinski definition) is 3. The zero-order chi connectivity index (χ0) is 18.0. The number of amides is 2. The van der Waals surface area contributed by atoms with E-state index in [0.717, 1.165) is 37.2 Å². The SMILES string of the molecule is CCOC[C@@]12CCN(C(C)=O)C[C@@H]1CN(C(=O)c1cccc(C)c1)C2. The second kappa shape index (κ2) is 7.16. The normalized spacial score (nSPS) is 25.8. The fourth-order valence-electron chi connectivity index (χ4n) is 4.23. The summed E-state index contributed by atoms with van der Waals surface area (Å²) in [6.07, 6.45) is 0.898. The van der Waals surface area contributed by atoms with E-state index in [1.165, 1.54) is 0 Å². The number of fused-ring (bicyclic) bond motifs is 1. The number of piperidine rings is 1. The van der Waals surface area contributed by atoms with E-state index in [-0.39, 0.29) is 23.1 Å². The van der Waals surface area contributed by atoms with Gasteiger partial charge in [0.1, 0.15) is 0 Å². The number of aryl methyl sites for hydroxylation is 1. The molecule has 136 valence electrons. The first-order chi connectivity index (χ1) is 11.9. The predicted octanol–water partition coefficient (Wildman–Crippen LogP) is 2.34. The number of likely N-dealkylation sites (tertiary alicyclic amines) is 2. The van der Waals surface area contributed by atoms with Gasteiger partial charge in [0.2, 0.25) is 5.91 Å². The standard InChI is InChI=1S/C20H28N2O3/c1-4-25-14-20-8-9-21(16(3)23)11-18(20)12-22(13-20)19(24)17-7-5-6-15(2)10-17/h5-7,10,18H,4,8-9,11-14H2,1-3H3/t18-,20+/m1/s1. The molecule has 0 unspecified atom stereocenters. The van der Waals surface area contributed by atoms with Gasteiger partial charge in [-0.2, -0.15) is 0 Å². The fourth-order valence-corrected chi connectivity index (χ4v) is 4.23. The Morgan fingerprint density at radius 3 is 2.72 bits per heavy atom. The molecule has 0 bridgehead atoms. The van der Waals surface area contributed by atoms with Crippen molar-refractivity contribution < 1.29 is 14.3 Å². The van der Waals surface area contributed by atoms with Crippen molar-refractivity contribution in [2.24, 2.45) is 11.3 Å². The number of rotatable bonds is 4. The third-order valence-electron chi connectivity index (χ3n) is 5.72. The van der Waals surface area contributed by atoms with E-state index in [2.05, 4.69) is 0 Å². The number of nitrogens with zero attached hydrogens (tertiary/aromatic N) is 2. The van der Waals surface area contributed by atoms with Crippen molar-refractivity contribution in [2.45, 2.75) is 27.2 Å². The van der Waals surface area contributed by atoms with Crippen molar-refractivity contribution in [3.63, 3.8) is 0 Å². The van der Waals surface area contributed by atoms with E-state index in [0.29, 0.717) is 19.8 Å². The third kappa shape index (κ3) is 3.56. The molecule has 1 aromatic rings. The zero-order valence-electron chi connectivity index (χ0n) is 15.5. The average Bonchev–Trinajstić information content (AvgIpc) is 2.98. The van der Waals surface area contributed by atoms with Crippen LogP contribution in [-0.2, 0) is 9.53 Å². The Morgan fingerprint density at radius 1 is 1.28 bits per heavy atom. The van der Waals surface area contributed by atoms with Crippen molar-refractivity contribution >= 4 is 11.8 Å². The van der Waals surface area contributed by atoms with Crippen LogP contribution >= 0.6 is 0 Å². The van der Waals surface area contributed by atoms with Gasteiger partial charge in [-0.3, -0.25) is 9.59 Å². The van der Waals surface area contributed by atoms with Crippen LogP contribution in [0.5, 0.6) is 0 Å². The minimum Gasteiger partial charge on any atom is -0.381 e. The molecule has 0 saturated carbocycles. The minimum atomic E-state index is -0.0263. The van der Waals surface area contributed by atoms with Crippen molar-refractivity contribution in [3.8, 4) is 0 Å². The molecule has 0 spiro atoms. The molecule has 0 N–H and O–H groups in total. The lowest BCUT2D eigenvalue weighted by Crippen LogP contribution is -2.50. The van der Waals surface area contributed by atoms with Crippen molar-refractivity contribution in [1.29, 1.82) is 0 Å². The molecule has 2 aliphatic rings. The van der Waals surface area contributed by atoms with Crippen molar-refractivity contribution in [1.82, 2.24) is 9.80 Å². The van der Waals surface area contributed by atoms with E-state index < -0.39 is 0 Å². The molecule has 0 radical (unpaired) electrons. The number of carbonyl (C=O) groups is 2. The molecular weight excluding hydrogens is 316 g/mol. The molecule has 2 saturated heterocycles. The Hall–Kier alpha value is -1.88. The summed E-state index contributed by atoms with van der Waals surface area (Å²) in [5.74, 6) is 0.488. The molecule has 2 heterocycles. The van der Waals surface area contributed by atoms with Crippen LogP contribution in [0, 0.1) is 18.3 Å². The molecule has 25 heavy (non-hydrogen) atoms. The maximum absolute atomic E-state index is 13.0. The van der Waals surface area contributed by atoms with E-state index in [4.69, 9.17) is 4.74 Å². The molecular formula is C20H28N2O3. The quantitative estimate of drug-likeness (QED) is 0.842. The van der Waals surface area contributed by atoms with Crippen LogP contribution in [0.4, 0.5) is 0 Å². The lowest BCUT2D eigenvalue weighted by atomic mass is 9.73. The summed E-state index contributed by atoms with van der Waals surface area (Å²) >= 11 is 0. The first-order valence-electron chi connectivity index (χ1n) is 9.14. The van der Waals surface area contributed by atoms with E-state index in [1.807, 2.05) is 47.9 Å². The lowest BCUT2D eigenvalue weighted by molar-refractivity contribution is -0.133. The van der Waals surface area contributed by atoms with Crippen LogP contribution in [-0.4, -0.2) is 61.0 Å². The molecule has 1 aromatic carbocycles. The second-order valence-corrected chi connectivity index (χ2v) is 7.47. The van der Waals surface area contributed by atoms with E-state index >= 15 is 0 Å². The van der Waals surface area contributed by atoms with Gasteiger partial charge in [-0.1, -0.05) is 17.7 Å². The van der Waals surface area contributed by atoms with Gasteiger partial charge in [-0.25, -0.2) is 0 Å². The number of ether oxygens (including phenoxy) is 1. The maximum atomic E-state index is 13.0. The van der Waals surface area contributed by atoms with Gasteiger partial charge in [0.25, 0.3) is 5.91 Å². The Morgan fingerprint density at radius 2 is 2.04 bits per heavy atom. The van der Waals surface area contributed by atoms with Crippen LogP contribution in [0.3, 0.4) is 0 Å². The first kappa shape index (κ1) is 17.9. The molecule has 2 fully saturated rings. The Bertz CT molecular complexity index is 660. The summed E-state index contributed by atoms with van der Waals surface area (Å²) in [6, 6.07) is 7.76. The summed E-state index contributed by atoms with van der Waals surface area (Å²) in [7, 11) is 0. The number of hydrogen-bond donors (Lipinski definition) is 0. The van der Waals surface area contributed by atoms with Crippen LogP contribution < -0.4 is 0 Å². The van der Waals surface area contributed by atoms with Crippen LogP contribution in [0.25, 0.3) is 0 Å². The van der Waals surface area contributed by atoms with Crippen molar-refractivity contribution in [3.05, 3.63) is 35.4 Å². The maximum Gasteiger partial charge on any atom is 0.253 e. The largest absolute Gasteiger partial charge is 0.381 e. The summed E-state index contributed by atoms with van der Waals surface area (Å²) in [6.45, 7) is 9.86. The first-order valence-corrected chi connectivity index (χ1v) is 9.14. The van der Waals surface area contributed by atoms with Crippen LogP contribution in [0.1, 0.15) is 36.2 Å². The number of carbonyl (C=O) groups excluding carboxylic acids is 2. The van der Waals surface area contributed by atoms with Gasteiger partial charge in [0, 0.05) is 56.6 Å². The monoisotopic (exact) mass is 344 g/mol. The van der Waals surface area contributed by atoms with Crippen LogP contribution in [0.15, 0.2) is 24.3 Å².